The number of nitrogens with zero attached hydrogens (tertiary/aromatic N) is 1. The first-order valence-corrected chi connectivity index (χ1v) is 11.6. The van der Waals surface area contributed by atoms with Crippen molar-refractivity contribution < 1.29 is 18.0 Å². The highest BCUT2D eigenvalue weighted by Gasteiger charge is 2.26. The van der Waals surface area contributed by atoms with Crippen LogP contribution in [0.1, 0.15) is 12.5 Å². The van der Waals surface area contributed by atoms with E-state index >= 15 is 0 Å². The van der Waals surface area contributed by atoms with E-state index in [0.717, 1.165) is 5.56 Å². The van der Waals surface area contributed by atoms with Crippen LogP contribution in [0.15, 0.2) is 89.8 Å². The quantitative estimate of drug-likeness (QED) is 0.520. The third kappa shape index (κ3) is 6.50. The van der Waals surface area contributed by atoms with Crippen LogP contribution in [0.25, 0.3) is 0 Å². The molecule has 3 rings (SSSR count). The Balaban J connectivity index is 1.77. The fourth-order valence-corrected chi connectivity index (χ4v) is 4.58. The number of hydrogen-bond acceptors (Lipinski definition) is 4. The normalized spacial score (nSPS) is 11.2. The lowest BCUT2D eigenvalue weighted by molar-refractivity contribution is -0.116. The largest absolute Gasteiger partial charge is 0.326 e. The van der Waals surface area contributed by atoms with Crippen molar-refractivity contribution in [2.24, 2.45) is 0 Å². The second kappa shape index (κ2) is 10.7. The van der Waals surface area contributed by atoms with E-state index in [2.05, 4.69) is 10.6 Å². The number of carbonyl (C=O) groups is 2. The molecule has 3 aromatic carbocycles. The van der Waals surface area contributed by atoms with Gasteiger partial charge >= 0.3 is 0 Å². The van der Waals surface area contributed by atoms with Crippen molar-refractivity contribution in [2.45, 2.75) is 18.2 Å². The van der Waals surface area contributed by atoms with Gasteiger partial charge in [0.1, 0.15) is 0 Å². The van der Waals surface area contributed by atoms with Crippen molar-refractivity contribution in [1.29, 1.82) is 0 Å². The van der Waals surface area contributed by atoms with Crippen LogP contribution in [0.3, 0.4) is 0 Å². The lowest BCUT2D eigenvalue weighted by atomic mass is 10.1. The minimum Gasteiger partial charge on any atom is -0.326 e. The van der Waals surface area contributed by atoms with Crippen LogP contribution >= 0.6 is 0 Å². The number of nitrogens with one attached hydrogen (secondary N) is 2. The summed E-state index contributed by atoms with van der Waals surface area (Å²) in [6.07, 6.45) is 0.470. The maximum atomic E-state index is 13.2. The van der Waals surface area contributed by atoms with E-state index in [1.165, 1.54) is 23.4 Å². The van der Waals surface area contributed by atoms with Crippen molar-refractivity contribution in [1.82, 2.24) is 4.31 Å². The molecular weight excluding hydrogens is 426 g/mol. The fraction of sp³-hybridized carbons (Fsp3) is 0.167. The van der Waals surface area contributed by atoms with E-state index in [1.54, 1.807) is 42.5 Å². The predicted octanol–water partition coefficient (Wildman–Crippen LogP) is 3.52. The first kappa shape index (κ1) is 23.2. The second-order valence-electron chi connectivity index (χ2n) is 7.20. The average Bonchev–Trinajstić information content (AvgIpc) is 2.77. The molecule has 2 amide bonds. The van der Waals surface area contributed by atoms with E-state index in [0.29, 0.717) is 17.8 Å². The number of benzene rings is 3. The first-order chi connectivity index (χ1) is 15.3. The summed E-state index contributed by atoms with van der Waals surface area (Å²) in [7, 11) is -3.87. The molecule has 0 bridgehead atoms. The highest BCUT2D eigenvalue weighted by atomic mass is 32.2. The molecule has 7 nitrogen and oxygen atoms in total. The molecule has 0 fully saturated rings. The minimum atomic E-state index is -3.87. The molecule has 166 valence electrons. The molecule has 8 heteroatoms. The van der Waals surface area contributed by atoms with Gasteiger partial charge in [0.05, 0.1) is 11.4 Å². The molecule has 0 atom stereocenters. The van der Waals surface area contributed by atoms with Gasteiger partial charge in [0.2, 0.25) is 21.8 Å². The van der Waals surface area contributed by atoms with Gasteiger partial charge in [-0.2, -0.15) is 4.31 Å². The monoisotopic (exact) mass is 451 g/mol. The number of hydrogen-bond donors (Lipinski definition) is 2. The van der Waals surface area contributed by atoms with E-state index in [9.17, 15) is 18.0 Å². The summed E-state index contributed by atoms with van der Waals surface area (Å²) in [6.45, 7) is 1.21. The smallest absolute Gasteiger partial charge is 0.243 e. The van der Waals surface area contributed by atoms with Gasteiger partial charge < -0.3 is 10.6 Å². The van der Waals surface area contributed by atoms with Crippen molar-refractivity contribution in [3.8, 4) is 0 Å². The van der Waals surface area contributed by atoms with Gasteiger partial charge in [-0.25, -0.2) is 8.42 Å². The average molecular weight is 452 g/mol. The highest BCUT2D eigenvalue weighted by molar-refractivity contribution is 7.89. The van der Waals surface area contributed by atoms with Crippen molar-refractivity contribution >= 4 is 33.2 Å². The van der Waals surface area contributed by atoms with Gasteiger partial charge in [-0.1, -0.05) is 54.6 Å². The van der Waals surface area contributed by atoms with Gasteiger partial charge in [-0.05, 0) is 42.3 Å². The Morgan fingerprint density at radius 2 is 1.41 bits per heavy atom. The van der Waals surface area contributed by atoms with Crippen LogP contribution in [0, 0.1) is 0 Å². The summed E-state index contributed by atoms with van der Waals surface area (Å²) in [4.78, 5) is 24.1. The topological polar surface area (TPSA) is 95.6 Å². The Hall–Kier alpha value is -3.49. The highest BCUT2D eigenvalue weighted by Crippen LogP contribution is 2.18. The Kier molecular flexibility index (Phi) is 7.75. The molecule has 0 aliphatic rings. The standard InChI is InChI=1S/C24H25N3O4S/c1-19(28)25-21-11-8-12-22(17-21)26-24(29)18-27(16-15-20-9-4-2-5-10-20)32(30,31)23-13-6-3-7-14-23/h2-14,17H,15-16,18H2,1H3,(H,25,28)(H,26,29). The van der Waals surface area contributed by atoms with Crippen molar-refractivity contribution in [3.05, 3.63) is 90.5 Å². The molecule has 0 aliphatic heterocycles. The Morgan fingerprint density at radius 3 is 2.03 bits per heavy atom. The molecule has 0 heterocycles. The molecule has 0 radical (unpaired) electrons. The zero-order valence-corrected chi connectivity index (χ0v) is 18.5. The lowest BCUT2D eigenvalue weighted by Crippen LogP contribution is -2.39. The molecule has 32 heavy (non-hydrogen) atoms. The summed E-state index contributed by atoms with van der Waals surface area (Å²) in [5, 5.41) is 5.36. The third-order valence-electron chi connectivity index (χ3n) is 4.66. The first-order valence-electron chi connectivity index (χ1n) is 10.1. The van der Waals surface area contributed by atoms with Crippen LogP contribution < -0.4 is 10.6 Å². The van der Waals surface area contributed by atoms with E-state index in [-0.39, 0.29) is 23.9 Å². The van der Waals surface area contributed by atoms with E-state index in [1.807, 2.05) is 30.3 Å². The van der Waals surface area contributed by atoms with Crippen molar-refractivity contribution in [2.75, 3.05) is 23.7 Å². The summed E-state index contributed by atoms with van der Waals surface area (Å²) in [5.74, 6) is -0.702. The van der Waals surface area contributed by atoms with Crippen LogP contribution in [-0.4, -0.2) is 37.6 Å². The number of rotatable bonds is 9. The number of carbonyl (C=O) groups excluding carboxylic acids is 2. The van der Waals surface area contributed by atoms with Crippen LogP contribution in [0.5, 0.6) is 0 Å². The molecule has 0 aliphatic carbocycles. The number of amides is 2. The summed E-state index contributed by atoms with van der Waals surface area (Å²) in [5.41, 5.74) is 1.97. The zero-order chi connectivity index (χ0) is 23.0. The molecule has 0 aromatic heterocycles. The summed E-state index contributed by atoms with van der Waals surface area (Å²) < 4.78 is 27.6. The molecule has 0 saturated carbocycles. The van der Waals surface area contributed by atoms with Gasteiger partial charge in [0, 0.05) is 24.8 Å². The van der Waals surface area contributed by atoms with E-state index < -0.39 is 15.9 Å². The van der Waals surface area contributed by atoms with Gasteiger partial charge in [0.25, 0.3) is 0 Å². The lowest BCUT2D eigenvalue weighted by Gasteiger charge is -2.22. The second-order valence-corrected chi connectivity index (χ2v) is 9.14. The zero-order valence-electron chi connectivity index (χ0n) is 17.7. The van der Waals surface area contributed by atoms with Gasteiger partial charge in [-0.15, -0.1) is 0 Å². The van der Waals surface area contributed by atoms with Crippen LogP contribution in [0.2, 0.25) is 0 Å². The molecule has 2 N–H and O–H groups in total. The minimum absolute atomic E-state index is 0.133. The molecule has 3 aromatic rings. The molecule has 0 spiro atoms. The number of sulfonamides is 1. The fourth-order valence-electron chi connectivity index (χ4n) is 3.16. The third-order valence-corrected chi connectivity index (χ3v) is 6.52. The summed E-state index contributed by atoms with van der Waals surface area (Å²) >= 11 is 0. The van der Waals surface area contributed by atoms with Gasteiger partial charge in [0.15, 0.2) is 0 Å². The number of anilines is 2. The maximum Gasteiger partial charge on any atom is 0.243 e. The van der Waals surface area contributed by atoms with Gasteiger partial charge in [-0.3, -0.25) is 9.59 Å². The van der Waals surface area contributed by atoms with Crippen molar-refractivity contribution in [3.63, 3.8) is 0 Å². The Morgan fingerprint density at radius 1 is 0.812 bits per heavy atom. The SMILES string of the molecule is CC(=O)Nc1cccc(NC(=O)CN(CCc2ccccc2)S(=O)(=O)c2ccccc2)c1. The molecular formula is C24H25N3O4S. The van der Waals surface area contributed by atoms with E-state index in [4.69, 9.17) is 0 Å². The predicted molar refractivity (Wildman–Crippen MR) is 125 cm³/mol. The van der Waals surface area contributed by atoms with Crippen LogP contribution in [-0.2, 0) is 26.0 Å². The Bertz CT molecular complexity index is 1170. The molecule has 0 unspecified atom stereocenters. The van der Waals surface area contributed by atoms with Crippen LogP contribution in [0.4, 0.5) is 11.4 Å². The molecule has 0 saturated heterocycles. The Labute approximate surface area is 188 Å². The summed E-state index contributed by atoms with van der Waals surface area (Å²) in [6, 6.07) is 24.2. The maximum absolute atomic E-state index is 13.2.